The van der Waals surface area contributed by atoms with Crippen LogP contribution in [0.25, 0.3) is 22.3 Å². The Hall–Kier alpha value is -3.85. The Morgan fingerprint density at radius 2 is 1.07 bits per heavy atom. The van der Waals surface area contributed by atoms with Crippen LogP contribution < -0.4 is 10.7 Å². The maximum absolute atomic E-state index is 4.56. The van der Waals surface area contributed by atoms with Crippen molar-refractivity contribution in [1.82, 2.24) is 10.7 Å². The Labute approximate surface area is 170 Å². The van der Waals surface area contributed by atoms with Gasteiger partial charge in [0.15, 0.2) is 5.84 Å². The van der Waals surface area contributed by atoms with Crippen molar-refractivity contribution in [2.75, 3.05) is 0 Å². The topological polar surface area (TPSA) is 36.4 Å². The zero-order chi connectivity index (χ0) is 19.5. The molecule has 0 spiro atoms. The summed E-state index contributed by atoms with van der Waals surface area (Å²) in [4.78, 5) is 0. The molecule has 0 amide bonds. The smallest absolute Gasteiger partial charge is 0.155 e. The maximum Gasteiger partial charge on any atom is 0.155 e. The van der Waals surface area contributed by atoms with Crippen molar-refractivity contribution < 1.29 is 0 Å². The van der Waals surface area contributed by atoms with Gasteiger partial charge in [-0.2, -0.15) is 5.10 Å². The van der Waals surface area contributed by atoms with Crippen LogP contribution in [-0.4, -0.2) is 5.84 Å². The fourth-order valence-electron chi connectivity index (χ4n) is 3.64. The van der Waals surface area contributed by atoms with Gasteiger partial charge in [0.2, 0.25) is 0 Å². The summed E-state index contributed by atoms with van der Waals surface area (Å²) in [6.45, 7) is 0. The van der Waals surface area contributed by atoms with E-state index in [-0.39, 0.29) is 6.17 Å². The zero-order valence-corrected chi connectivity index (χ0v) is 15.9. The summed E-state index contributed by atoms with van der Waals surface area (Å²) < 4.78 is 0. The second-order valence-electron chi connectivity index (χ2n) is 7.11. The Morgan fingerprint density at radius 1 is 0.517 bits per heavy atom. The predicted molar refractivity (Wildman–Crippen MR) is 119 cm³/mol. The number of rotatable bonds is 4. The van der Waals surface area contributed by atoms with Gasteiger partial charge in [0.25, 0.3) is 0 Å². The van der Waals surface area contributed by atoms with Crippen molar-refractivity contribution in [1.29, 1.82) is 0 Å². The molecule has 0 radical (unpaired) electrons. The summed E-state index contributed by atoms with van der Waals surface area (Å²) in [5.74, 6) is 0.859. The van der Waals surface area contributed by atoms with Gasteiger partial charge < -0.3 is 5.32 Å². The van der Waals surface area contributed by atoms with E-state index in [1.807, 2.05) is 12.1 Å². The van der Waals surface area contributed by atoms with Crippen molar-refractivity contribution in [2.45, 2.75) is 6.17 Å². The minimum atomic E-state index is -0.0472. The molecule has 0 aromatic heterocycles. The monoisotopic (exact) mass is 375 g/mol. The highest BCUT2D eigenvalue weighted by atomic mass is 15.4. The Kier molecular flexibility index (Phi) is 4.55. The molecule has 3 heteroatoms. The number of hydrazone groups is 1. The van der Waals surface area contributed by atoms with Crippen LogP contribution in [0.3, 0.4) is 0 Å². The average molecular weight is 375 g/mol. The molecule has 29 heavy (non-hydrogen) atoms. The number of hydrogen-bond donors (Lipinski definition) is 2. The number of nitrogens with zero attached hydrogens (tertiary/aromatic N) is 1. The van der Waals surface area contributed by atoms with Crippen LogP contribution in [0.1, 0.15) is 17.3 Å². The first kappa shape index (κ1) is 17.3. The number of amidine groups is 1. The van der Waals surface area contributed by atoms with Gasteiger partial charge in [-0.15, -0.1) is 0 Å². The molecule has 1 aliphatic rings. The molecule has 1 aliphatic heterocycles. The van der Waals surface area contributed by atoms with Crippen LogP contribution in [0, 0.1) is 0 Å². The van der Waals surface area contributed by atoms with Gasteiger partial charge in [0.05, 0.1) is 0 Å². The van der Waals surface area contributed by atoms with E-state index in [2.05, 4.69) is 113 Å². The Bertz CT molecular complexity index is 1150. The van der Waals surface area contributed by atoms with Gasteiger partial charge in [0, 0.05) is 5.56 Å². The highest BCUT2D eigenvalue weighted by molar-refractivity contribution is 6.00. The lowest BCUT2D eigenvalue weighted by Gasteiger charge is -2.14. The molecule has 1 heterocycles. The molecule has 1 unspecified atom stereocenters. The molecule has 3 nitrogen and oxygen atoms in total. The van der Waals surface area contributed by atoms with E-state index in [0.717, 1.165) is 17.0 Å². The Balaban J connectivity index is 1.37. The lowest BCUT2D eigenvalue weighted by Crippen LogP contribution is -2.27. The SMILES string of the molecule is c1ccc(-c2cccc(C3=NNC(c4cccc(-c5ccccc5)c4)N3)c2)cc1. The fourth-order valence-corrected chi connectivity index (χ4v) is 3.64. The van der Waals surface area contributed by atoms with E-state index in [0.29, 0.717) is 0 Å². The minimum absolute atomic E-state index is 0.0472. The molecule has 4 aromatic rings. The molecule has 0 fully saturated rings. The van der Waals surface area contributed by atoms with Crippen LogP contribution in [0.15, 0.2) is 114 Å². The highest BCUT2D eigenvalue weighted by Crippen LogP contribution is 2.25. The zero-order valence-electron chi connectivity index (χ0n) is 15.9. The third-order valence-electron chi connectivity index (χ3n) is 5.16. The summed E-state index contributed by atoms with van der Waals surface area (Å²) >= 11 is 0. The molecular formula is C26H21N3. The van der Waals surface area contributed by atoms with Gasteiger partial charge in [-0.1, -0.05) is 97.1 Å². The first-order valence-electron chi connectivity index (χ1n) is 9.78. The molecule has 0 saturated carbocycles. The number of nitrogens with one attached hydrogen (secondary N) is 2. The molecule has 0 bridgehead atoms. The van der Waals surface area contributed by atoms with E-state index < -0.39 is 0 Å². The van der Waals surface area contributed by atoms with Crippen molar-refractivity contribution in [3.63, 3.8) is 0 Å². The lowest BCUT2D eigenvalue weighted by molar-refractivity contribution is 0.574. The summed E-state index contributed by atoms with van der Waals surface area (Å²) in [5, 5.41) is 8.08. The first-order chi connectivity index (χ1) is 14.4. The second-order valence-corrected chi connectivity index (χ2v) is 7.11. The summed E-state index contributed by atoms with van der Waals surface area (Å²) in [5.41, 5.74) is 10.3. The van der Waals surface area contributed by atoms with E-state index in [4.69, 9.17) is 0 Å². The van der Waals surface area contributed by atoms with Gasteiger partial charge in [-0.25, -0.2) is 0 Å². The fraction of sp³-hybridized carbons (Fsp3) is 0.0385. The van der Waals surface area contributed by atoms with E-state index in [1.165, 1.54) is 22.3 Å². The molecule has 140 valence electrons. The van der Waals surface area contributed by atoms with Gasteiger partial charge in [-0.3, -0.25) is 5.43 Å². The summed E-state index contributed by atoms with van der Waals surface area (Å²) in [6.07, 6.45) is -0.0472. The lowest BCUT2D eigenvalue weighted by atomic mass is 10.0. The third-order valence-corrected chi connectivity index (χ3v) is 5.16. The first-order valence-corrected chi connectivity index (χ1v) is 9.78. The van der Waals surface area contributed by atoms with Gasteiger partial charge in [0.1, 0.15) is 6.17 Å². The molecule has 1 atom stereocenters. The second kappa shape index (κ2) is 7.64. The van der Waals surface area contributed by atoms with Crippen LogP contribution in [0.4, 0.5) is 0 Å². The maximum atomic E-state index is 4.56. The normalized spacial score (nSPS) is 15.3. The summed E-state index contributed by atoms with van der Waals surface area (Å²) in [7, 11) is 0. The number of benzene rings is 4. The summed E-state index contributed by atoms with van der Waals surface area (Å²) in [6, 6.07) is 37.9. The van der Waals surface area contributed by atoms with Crippen LogP contribution >= 0.6 is 0 Å². The number of hydrogen-bond acceptors (Lipinski definition) is 3. The van der Waals surface area contributed by atoms with Crippen LogP contribution in [0.2, 0.25) is 0 Å². The standard InChI is InChI=1S/C26H21N3/c1-3-9-19(10-4-1)21-13-7-15-23(17-21)25-27-26(29-28-25)24-16-8-14-22(18-24)20-11-5-2-6-12-20/h1-18,25,28H,(H,27,29). The predicted octanol–water partition coefficient (Wildman–Crippen LogP) is 5.57. The third kappa shape index (κ3) is 3.63. The molecule has 0 aliphatic carbocycles. The van der Waals surface area contributed by atoms with E-state index in [1.54, 1.807) is 0 Å². The van der Waals surface area contributed by atoms with E-state index in [9.17, 15) is 0 Å². The molecule has 5 rings (SSSR count). The largest absolute Gasteiger partial charge is 0.343 e. The quantitative estimate of drug-likeness (QED) is 0.489. The van der Waals surface area contributed by atoms with Crippen molar-refractivity contribution in [2.24, 2.45) is 5.10 Å². The molecular weight excluding hydrogens is 354 g/mol. The van der Waals surface area contributed by atoms with Gasteiger partial charge >= 0.3 is 0 Å². The van der Waals surface area contributed by atoms with Crippen LogP contribution in [-0.2, 0) is 0 Å². The Morgan fingerprint density at radius 3 is 1.76 bits per heavy atom. The van der Waals surface area contributed by atoms with Crippen molar-refractivity contribution >= 4 is 5.84 Å². The molecule has 2 N–H and O–H groups in total. The van der Waals surface area contributed by atoms with Crippen molar-refractivity contribution in [3.8, 4) is 22.3 Å². The average Bonchev–Trinajstić information content (AvgIpc) is 3.31. The van der Waals surface area contributed by atoms with Gasteiger partial charge in [-0.05, 0) is 39.9 Å². The van der Waals surface area contributed by atoms with Crippen LogP contribution in [0.5, 0.6) is 0 Å². The minimum Gasteiger partial charge on any atom is -0.343 e. The molecule has 0 saturated heterocycles. The van der Waals surface area contributed by atoms with Crippen molar-refractivity contribution in [3.05, 3.63) is 120 Å². The van der Waals surface area contributed by atoms with E-state index >= 15 is 0 Å². The highest BCUT2D eigenvalue weighted by Gasteiger charge is 2.20. The molecule has 4 aromatic carbocycles.